The fraction of sp³-hybridized carbons (Fsp3) is 0.0769. The molecule has 0 saturated heterocycles. The quantitative estimate of drug-likeness (QED) is 0.528. The summed E-state index contributed by atoms with van der Waals surface area (Å²) >= 11 is 0.139. The number of hydrogen-bond acceptors (Lipinski definition) is 5. The molecule has 0 saturated carbocycles. The molecular formula is C13H6F4N4OS. The maximum atomic E-state index is 12.8. The first-order valence-electron chi connectivity index (χ1n) is 5.89. The van der Waals surface area contributed by atoms with Crippen LogP contribution in [0.15, 0.2) is 29.8 Å². The van der Waals surface area contributed by atoms with Gasteiger partial charge >= 0.3 is 6.18 Å². The van der Waals surface area contributed by atoms with E-state index < -0.39 is 22.9 Å². The van der Waals surface area contributed by atoms with Crippen molar-refractivity contribution >= 4 is 28.5 Å². The summed E-state index contributed by atoms with van der Waals surface area (Å²) < 4.78 is 49.9. The van der Waals surface area contributed by atoms with E-state index in [1.807, 2.05) is 0 Å². The van der Waals surface area contributed by atoms with Crippen LogP contribution in [0, 0.1) is 17.1 Å². The molecule has 118 valence electrons. The van der Waals surface area contributed by atoms with Gasteiger partial charge in [0.15, 0.2) is 0 Å². The van der Waals surface area contributed by atoms with E-state index in [0.29, 0.717) is 5.56 Å². The zero-order valence-electron chi connectivity index (χ0n) is 11.1. The summed E-state index contributed by atoms with van der Waals surface area (Å²) in [6.07, 6.45) is -3.50. The summed E-state index contributed by atoms with van der Waals surface area (Å²) in [6, 6.07) is 6.57. The molecule has 1 heterocycles. The van der Waals surface area contributed by atoms with Gasteiger partial charge in [-0.1, -0.05) is 23.5 Å². The van der Waals surface area contributed by atoms with Crippen LogP contribution in [-0.2, 0) is 11.0 Å². The Hall–Kier alpha value is -2.80. The van der Waals surface area contributed by atoms with Crippen molar-refractivity contribution in [2.45, 2.75) is 6.18 Å². The molecule has 0 aliphatic heterocycles. The third-order valence-corrected chi connectivity index (χ3v) is 3.32. The lowest BCUT2D eigenvalue weighted by Crippen LogP contribution is -2.13. The van der Waals surface area contributed by atoms with Crippen LogP contribution < -0.4 is 5.32 Å². The molecule has 0 bridgehead atoms. The minimum absolute atomic E-state index is 0.139. The molecule has 0 spiro atoms. The zero-order valence-corrected chi connectivity index (χ0v) is 11.9. The van der Waals surface area contributed by atoms with Gasteiger partial charge in [0.2, 0.25) is 10.1 Å². The Morgan fingerprint density at radius 1 is 1.26 bits per heavy atom. The largest absolute Gasteiger partial charge is 0.445 e. The van der Waals surface area contributed by atoms with Crippen molar-refractivity contribution in [3.05, 3.63) is 46.2 Å². The van der Waals surface area contributed by atoms with Crippen LogP contribution >= 0.6 is 11.3 Å². The summed E-state index contributed by atoms with van der Waals surface area (Å²) in [7, 11) is 0. The summed E-state index contributed by atoms with van der Waals surface area (Å²) in [5.41, 5.74) is 0.00621. The molecule has 2 aromatic rings. The number of nitrogens with zero attached hydrogens (tertiary/aromatic N) is 3. The van der Waals surface area contributed by atoms with Crippen LogP contribution in [-0.4, -0.2) is 16.1 Å². The Kier molecular flexibility index (Phi) is 4.71. The molecule has 0 fully saturated rings. The molecule has 0 radical (unpaired) electrons. The number of benzene rings is 1. The highest BCUT2D eigenvalue weighted by molar-refractivity contribution is 7.15. The minimum atomic E-state index is -4.66. The number of nitriles is 1. The fourth-order valence-electron chi connectivity index (χ4n) is 1.43. The molecular weight excluding hydrogens is 336 g/mol. The average Bonchev–Trinajstić information content (AvgIpc) is 2.95. The van der Waals surface area contributed by atoms with Crippen molar-refractivity contribution in [2.24, 2.45) is 0 Å². The highest BCUT2D eigenvalue weighted by Gasteiger charge is 2.35. The van der Waals surface area contributed by atoms with Crippen LogP contribution in [0.1, 0.15) is 10.6 Å². The molecule has 0 unspecified atom stereocenters. The molecule has 0 aliphatic carbocycles. The zero-order chi connectivity index (χ0) is 17.0. The first-order chi connectivity index (χ1) is 10.8. The summed E-state index contributed by atoms with van der Waals surface area (Å²) in [5, 5.41) is 15.5. The van der Waals surface area contributed by atoms with Crippen molar-refractivity contribution in [1.82, 2.24) is 10.2 Å². The Bertz CT molecular complexity index is 790. The number of aromatic nitrogens is 2. The lowest BCUT2D eigenvalue weighted by atomic mass is 10.1. The van der Waals surface area contributed by atoms with Crippen LogP contribution in [0.2, 0.25) is 0 Å². The second kappa shape index (κ2) is 6.53. The monoisotopic (exact) mass is 342 g/mol. The van der Waals surface area contributed by atoms with Gasteiger partial charge in [0.25, 0.3) is 5.91 Å². The van der Waals surface area contributed by atoms with Crippen LogP contribution in [0.4, 0.5) is 22.7 Å². The van der Waals surface area contributed by atoms with Crippen LogP contribution in [0.3, 0.4) is 0 Å². The van der Waals surface area contributed by atoms with Gasteiger partial charge in [-0.15, -0.1) is 10.2 Å². The third kappa shape index (κ3) is 4.33. The lowest BCUT2D eigenvalue weighted by Gasteiger charge is -2.00. The number of carbonyl (C=O) groups is 1. The maximum Gasteiger partial charge on any atom is 0.445 e. The molecule has 5 nitrogen and oxygen atoms in total. The SMILES string of the molecule is N#C/C(=C/c1ccc(F)cc1)C(=O)Nc1nnc(C(F)(F)F)s1. The number of anilines is 1. The first kappa shape index (κ1) is 16.6. The van der Waals surface area contributed by atoms with Gasteiger partial charge in [0.05, 0.1) is 0 Å². The first-order valence-corrected chi connectivity index (χ1v) is 6.70. The molecule has 1 amide bonds. The smallest absolute Gasteiger partial charge is 0.296 e. The van der Waals surface area contributed by atoms with Crippen molar-refractivity contribution in [2.75, 3.05) is 5.32 Å². The van der Waals surface area contributed by atoms with Crippen LogP contribution in [0.25, 0.3) is 6.08 Å². The predicted octanol–water partition coefficient (Wildman–Crippen LogP) is 3.24. The van der Waals surface area contributed by atoms with E-state index >= 15 is 0 Å². The Morgan fingerprint density at radius 3 is 2.43 bits per heavy atom. The topological polar surface area (TPSA) is 78.7 Å². The highest BCUT2D eigenvalue weighted by Crippen LogP contribution is 2.33. The predicted molar refractivity (Wildman–Crippen MR) is 73.5 cm³/mol. The molecule has 1 N–H and O–H groups in total. The van der Waals surface area contributed by atoms with E-state index in [1.165, 1.54) is 18.2 Å². The number of alkyl halides is 3. The van der Waals surface area contributed by atoms with E-state index in [2.05, 4.69) is 15.5 Å². The summed E-state index contributed by atoms with van der Waals surface area (Å²) in [5.74, 6) is -1.43. The number of rotatable bonds is 3. The van der Waals surface area contributed by atoms with Gasteiger partial charge in [-0.2, -0.15) is 18.4 Å². The normalized spacial score (nSPS) is 11.9. The lowest BCUT2D eigenvalue weighted by molar-refractivity contribution is -0.138. The van der Waals surface area contributed by atoms with Crippen molar-refractivity contribution in [1.29, 1.82) is 5.26 Å². The number of hydrogen-bond donors (Lipinski definition) is 1. The van der Waals surface area contributed by atoms with Crippen LogP contribution in [0.5, 0.6) is 0 Å². The summed E-state index contributed by atoms with van der Waals surface area (Å²) in [4.78, 5) is 11.9. The molecule has 1 aromatic carbocycles. The third-order valence-electron chi connectivity index (χ3n) is 2.43. The second-order valence-corrected chi connectivity index (χ2v) is 5.06. The van der Waals surface area contributed by atoms with Gasteiger partial charge in [-0.05, 0) is 23.8 Å². The maximum absolute atomic E-state index is 12.8. The molecule has 0 aliphatic rings. The molecule has 23 heavy (non-hydrogen) atoms. The summed E-state index contributed by atoms with van der Waals surface area (Å²) in [6.45, 7) is 0. The van der Waals surface area contributed by atoms with Crippen molar-refractivity contribution in [3.63, 3.8) is 0 Å². The Labute approximate surface area is 130 Å². The minimum Gasteiger partial charge on any atom is -0.296 e. The number of halogens is 4. The van der Waals surface area contributed by atoms with Gasteiger partial charge < -0.3 is 0 Å². The van der Waals surface area contributed by atoms with E-state index in [1.54, 1.807) is 6.07 Å². The fourth-order valence-corrected chi connectivity index (χ4v) is 2.03. The molecule has 0 atom stereocenters. The van der Waals surface area contributed by atoms with E-state index in [4.69, 9.17) is 5.26 Å². The second-order valence-electron chi connectivity index (χ2n) is 4.09. The van der Waals surface area contributed by atoms with E-state index in [0.717, 1.165) is 12.1 Å². The van der Waals surface area contributed by atoms with Gasteiger partial charge in [-0.3, -0.25) is 10.1 Å². The number of carbonyl (C=O) groups excluding carboxylic acids is 1. The van der Waals surface area contributed by atoms with E-state index in [-0.39, 0.29) is 22.0 Å². The molecule has 10 heteroatoms. The molecule has 1 aromatic heterocycles. The van der Waals surface area contributed by atoms with E-state index in [9.17, 15) is 22.4 Å². The van der Waals surface area contributed by atoms with Gasteiger partial charge in [-0.25, -0.2) is 4.39 Å². The highest BCUT2D eigenvalue weighted by atomic mass is 32.1. The number of nitrogens with one attached hydrogen (secondary N) is 1. The standard InChI is InChI=1S/C13H6F4N4OS/c14-9-3-1-7(2-4-9)5-8(6-18)10(22)19-12-21-20-11(23-12)13(15,16)17/h1-5H,(H,19,21,22)/b8-5-. The van der Waals surface area contributed by atoms with Crippen molar-refractivity contribution < 1.29 is 22.4 Å². The Balaban J connectivity index is 2.16. The van der Waals surface area contributed by atoms with Gasteiger partial charge in [0.1, 0.15) is 17.5 Å². The van der Waals surface area contributed by atoms with Gasteiger partial charge in [0, 0.05) is 0 Å². The number of amides is 1. The molecule has 2 rings (SSSR count). The van der Waals surface area contributed by atoms with Crippen molar-refractivity contribution in [3.8, 4) is 6.07 Å². The Morgan fingerprint density at radius 2 is 1.91 bits per heavy atom. The average molecular weight is 342 g/mol.